The van der Waals surface area contributed by atoms with Crippen LogP contribution in [0, 0.1) is 12.8 Å². The zero-order chi connectivity index (χ0) is 13.5. The molecule has 0 fully saturated rings. The molecule has 1 atom stereocenters. The minimum Gasteiger partial charge on any atom is -0.396 e. The van der Waals surface area contributed by atoms with Crippen molar-refractivity contribution in [1.29, 1.82) is 0 Å². The Kier molecular flexibility index (Phi) is 6.36. The molecule has 0 aliphatic heterocycles. The molecule has 18 heavy (non-hydrogen) atoms. The Morgan fingerprint density at radius 3 is 2.83 bits per heavy atom. The van der Waals surface area contributed by atoms with Crippen molar-refractivity contribution in [3.05, 3.63) is 33.8 Å². The van der Waals surface area contributed by atoms with Gasteiger partial charge in [-0.05, 0) is 37.0 Å². The van der Waals surface area contributed by atoms with Gasteiger partial charge in [0.05, 0.1) is 0 Å². The van der Waals surface area contributed by atoms with E-state index < -0.39 is 0 Å². The van der Waals surface area contributed by atoms with Crippen molar-refractivity contribution in [2.45, 2.75) is 26.7 Å². The smallest absolute Gasteiger partial charge is 0.251 e. The number of aryl methyl sites for hydroxylation is 1. The molecule has 0 radical (unpaired) electrons. The van der Waals surface area contributed by atoms with Crippen molar-refractivity contribution in [2.24, 2.45) is 5.92 Å². The average Bonchev–Trinajstić information content (AvgIpc) is 2.37. The van der Waals surface area contributed by atoms with E-state index in [1.165, 1.54) is 0 Å². The maximum Gasteiger partial charge on any atom is 0.251 e. The molecule has 1 aromatic rings. The summed E-state index contributed by atoms with van der Waals surface area (Å²) in [7, 11) is 0. The van der Waals surface area contributed by atoms with Crippen LogP contribution in [0.3, 0.4) is 0 Å². The summed E-state index contributed by atoms with van der Waals surface area (Å²) >= 11 is 3.37. The van der Waals surface area contributed by atoms with Crippen molar-refractivity contribution in [3.63, 3.8) is 0 Å². The van der Waals surface area contributed by atoms with E-state index in [0.717, 1.165) is 22.9 Å². The first-order valence-electron chi connectivity index (χ1n) is 6.23. The third-order valence-corrected chi connectivity index (χ3v) is 3.60. The fraction of sp³-hybridized carbons (Fsp3) is 0.500. The maximum atomic E-state index is 12.0. The summed E-state index contributed by atoms with van der Waals surface area (Å²) in [5.74, 6) is 0.289. The summed E-state index contributed by atoms with van der Waals surface area (Å²) in [6.45, 7) is 4.77. The normalized spacial score (nSPS) is 12.2. The van der Waals surface area contributed by atoms with Gasteiger partial charge < -0.3 is 10.4 Å². The van der Waals surface area contributed by atoms with Crippen LogP contribution in [0.25, 0.3) is 0 Å². The Morgan fingerprint density at radius 1 is 1.50 bits per heavy atom. The molecular weight excluding hydrogens is 294 g/mol. The maximum absolute atomic E-state index is 12.0. The van der Waals surface area contributed by atoms with Gasteiger partial charge in [-0.1, -0.05) is 35.3 Å². The predicted molar refractivity (Wildman–Crippen MR) is 76.7 cm³/mol. The lowest BCUT2D eigenvalue weighted by atomic mass is 10.0. The van der Waals surface area contributed by atoms with E-state index >= 15 is 0 Å². The quantitative estimate of drug-likeness (QED) is 0.848. The zero-order valence-electron chi connectivity index (χ0n) is 10.9. The largest absolute Gasteiger partial charge is 0.396 e. The van der Waals surface area contributed by atoms with E-state index in [0.29, 0.717) is 18.0 Å². The number of aliphatic hydroxyl groups excluding tert-OH is 1. The first kappa shape index (κ1) is 15.2. The van der Waals surface area contributed by atoms with Crippen molar-refractivity contribution < 1.29 is 9.90 Å². The molecule has 0 spiro atoms. The highest BCUT2D eigenvalue weighted by Gasteiger charge is 2.12. The van der Waals surface area contributed by atoms with Crippen molar-refractivity contribution in [3.8, 4) is 0 Å². The second-order valence-corrected chi connectivity index (χ2v) is 5.37. The summed E-state index contributed by atoms with van der Waals surface area (Å²) in [4.78, 5) is 12.0. The number of carbonyl (C=O) groups excluding carboxylic acids is 1. The molecule has 0 aliphatic carbocycles. The summed E-state index contributed by atoms with van der Waals surface area (Å²) in [6.07, 6.45) is 1.69. The number of carbonyl (C=O) groups is 1. The molecule has 1 amide bonds. The fourth-order valence-electron chi connectivity index (χ4n) is 1.80. The molecule has 2 N–H and O–H groups in total. The average molecular weight is 314 g/mol. The number of amides is 1. The Labute approximate surface area is 117 Å². The number of benzene rings is 1. The highest BCUT2D eigenvalue weighted by Crippen LogP contribution is 2.16. The molecule has 0 heterocycles. The predicted octanol–water partition coefficient (Wildman–Crippen LogP) is 2.90. The number of nitrogens with one attached hydrogen (secondary N) is 1. The summed E-state index contributed by atoms with van der Waals surface area (Å²) in [6, 6.07) is 5.68. The lowest BCUT2D eigenvalue weighted by Crippen LogP contribution is -2.30. The van der Waals surface area contributed by atoms with Crippen LogP contribution in [-0.2, 0) is 0 Å². The number of aliphatic hydroxyl groups is 1. The first-order valence-corrected chi connectivity index (χ1v) is 7.03. The summed E-state index contributed by atoms with van der Waals surface area (Å²) in [5, 5.41) is 11.8. The number of hydrogen-bond donors (Lipinski definition) is 2. The number of halogens is 1. The van der Waals surface area contributed by atoms with Crippen LogP contribution in [0.15, 0.2) is 22.7 Å². The summed E-state index contributed by atoms with van der Waals surface area (Å²) < 4.78 is 0.903. The number of hydrogen-bond acceptors (Lipinski definition) is 2. The number of rotatable bonds is 6. The van der Waals surface area contributed by atoms with Gasteiger partial charge >= 0.3 is 0 Å². The van der Waals surface area contributed by atoms with Crippen LogP contribution in [-0.4, -0.2) is 24.2 Å². The molecule has 0 saturated heterocycles. The Balaban J connectivity index is 2.62. The molecule has 0 bridgehead atoms. The van der Waals surface area contributed by atoms with E-state index in [2.05, 4.69) is 28.2 Å². The molecule has 3 nitrogen and oxygen atoms in total. The highest BCUT2D eigenvalue weighted by atomic mass is 79.9. The van der Waals surface area contributed by atoms with E-state index in [4.69, 9.17) is 5.11 Å². The van der Waals surface area contributed by atoms with Gasteiger partial charge in [-0.15, -0.1) is 0 Å². The van der Waals surface area contributed by atoms with Gasteiger partial charge in [-0.3, -0.25) is 4.79 Å². The minimum atomic E-state index is -0.0508. The van der Waals surface area contributed by atoms with E-state index in [-0.39, 0.29) is 12.5 Å². The highest BCUT2D eigenvalue weighted by molar-refractivity contribution is 9.10. The SMILES string of the molecule is CCC(CCO)CNC(=O)c1cc(Br)ccc1C. The van der Waals surface area contributed by atoms with Gasteiger partial charge in [0.25, 0.3) is 5.91 Å². The molecule has 1 rings (SSSR count). The fourth-order valence-corrected chi connectivity index (χ4v) is 2.17. The molecule has 1 aromatic carbocycles. The third kappa shape index (κ3) is 4.42. The lowest BCUT2D eigenvalue weighted by Gasteiger charge is -2.15. The van der Waals surface area contributed by atoms with Gasteiger partial charge in [0, 0.05) is 23.2 Å². The van der Waals surface area contributed by atoms with E-state index in [1.54, 1.807) is 0 Å². The topological polar surface area (TPSA) is 49.3 Å². The van der Waals surface area contributed by atoms with Crippen molar-refractivity contribution in [1.82, 2.24) is 5.32 Å². The monoisotopic (exact) mass is 313 g/mol. The van der Waals surface area contributed by atoms with Crippen molar-refractivity contribution in [2.75, 3.05) is 13.2 Å². The minimum absolute atomic E-state index is 0.0508. The van der Waals surface area contributed by atoms with Gasteiger partial charge in [0.2, 0.25) is 0 Å². The molecular formula is C14H20BrNO2. The van der Waals surface area contributed by atoms with Crippen molar-refractivity contribution >= 4 is 21.8 Å². The molecule has 0 aliphatic rings. The van der Waals surface area contributed by atoms with Crippen LogP contribution in [0.5, 0.6) is 0 Å². The second kappa shape index (κ2) is 7.54. The molecule has 4 heteroatoms. The van der Waals surface area contributed by atoms with Crippen LogP contribution in [0.4, 0.5) is 0 Å². The first-order chi connectivity index (χ1) is 8.58. The van der Waals surface area contributed by atoms with Gasteiger partial charge in [-0.25, -0.2) is 0 Å². The van der Waals surface area contributed by atoms with Gasteiger partial charge in [0.1, 0.15) is 0 Å². The molecule has 100 valence electrons. The van der Waals surface area contributed by atoms with Gasteiger partial charge in [0.15, 0.2) is 0 Å². The Morgan fingerprint density at radius 2 is 2.22 bits per heavy atom. The zero-order valence-corrected chi connectivity index (χ0v) is 12.5. The molecule has 1 unspecified atom stereocenters. The Hall–Kier alpha value is -0.870. The van der Waals surface area contributed by atoms with Crippen LogP contribution >= 0.6 is 15.9 Å². The Bertz CT molecular complexity index is 407. The lowest BCUT2D eigenvalue weighted by molar-refractivity contribution is 0.0943. The van der Waals surface area contributed by atoms with Gasteiger partial charge in [-0.2, -0.15) is 0 Å². The molecule has 0 aromatic heterocycles. The van der Waals surface area contributed by atoms with Crippen LogP contribution in [0.1, 0.15) is 35.7 Å². The molecule has 0 saturated carbocycles. The van der Waals surface area contributed by atoms with Crippen LogP contribution < -0.4 is 5.32 Å². The summed E-state index contributed by atoms with van der Waals surface area (Å²) in [5.41, 5.74) is 1.66. The standard InChI is InChI=1S/C14H20BrNO2/c1-3-11(6-7-17)9-16-14(18)13-8-12(15)5-4-10(13)2/h4-5,8,11,17H,3,6-7,9H2,1-2H3,(H,16,18). The third-order valence-electron chi connectivity index (χ3n) is 3.11. The second-order valence-electron chi connectivity index (χ2n) is 4.46. The van der Waals surface area contributed by atoms with E-state index in [9.17, 15) is 4.79 Å². The van der Waals surface area contributed by atoms with E-state index in [1.807, 2.05) is 25.1 Å². The van der Waals surface area contributed by atoms with Crippen LogP contribution in [0.2, 0.25) is 0 Å².